The summed E-state index contributed by atoms with van der Waals surface area (Å²) < 4.78 is 12.7. The van der Waals surface area contributed by atoms with Gasteiger partial charge < -0.3 is 13.7 Å². The Labute approximate surface area is 305 Å². The molecule has 0 saturated heterocycles. The molecule has 0 unspecified atom stereocenters. The van der Waals surface area contributed by atoms with Crippen LogP contribution in [0.4, 0.5) is 17.1 Å². The molecule has 11 rings (SSSR count). The lowest BCUT2D eigenvalue weighted by Crippen LogP contribution is -2.10. The van der Waals surface area contributed by atoms with E-state index in [4.69, 9.17) is 8.83 Å². The maximum absolute atomic E-state index is 6.59. The van der Waals surface area contributed by atoms with Gasteiger partial charge >= 0.3 is 0 Å². The van der Waals surface area contributed by atoms with Crippen molar-refractivity contribution in [3.8, 4) is 22.3 Å². The zero-order valence-electron chi connectivity index (χ0n) is 28.7. The highest BCUT2D eigenvalue weighted by molar-refractivity contribution is 6.11. The van der Waals surface area contributed by atoms with Crippen molar-refractivity contribution in [1.82, 2.24) is 0 Å². The van der Waals surface area contributed by atoms with Crippen LogP contribution in [-0.2, 0) is 0 Å². The van der Waals surface area contributed by atoms with Crippen molar-refractivity contribution < 1.29 is 8.83 Å². The first-order valence-corrected chi connectivity index (χ1v) is 18.0. The number of hydrogen-bond donors (Lipinski definition) is 0. The van der Waals surface area contributed by atoms with Gasteiger partial charge in [0.2, 0.25) is 0 Å². The predicted octanol–water partition coefficient (Wildman–Crippen LogP) is 14.6. The van der Waals surface area contributed by atoms with E-state index < -0.39 is 0 Å². The summed E-state index contributed by atoms with van der Waals surface area (Å²) in [5.74, 6) is 0. The number of hydrogen-bond acceptors (Lipinski definition) is 3. The van der Waals surface area contributed by atoms with Crippen molar-refractivity contribution in [2.45, 2.75) is 0 Å². The Balaban J connectivity index is 1.03. The molecule has 0 N–H and O–H groups in total. The molecule has 0 bridgehead atoms. The lowest BCUT2D eigenvalue weighted by Gasteiger charge is -2.26. The van der Waals surface area contributed by atoms with Crippen LogP contribution in [0.2, 0.25) is 0 Å². The minimum Gasteiger partial charge on any atom is -0.456 e. The molecular weight excluding hydrogens is 647 g/mol. The zero-order valence-corrected chi connectivity index (χ0v) is 28.7. The predicted molar refractivity (Wildman–Crippen MR) is 222 cm³/mol. The molecule has 0 aliphatic carbocycles. The van der Waals surface area contributed by atoms with Crippen molar-refractivity contribution in [1.29, 1.82) is 0 Å². The van der Waals surface area contributed by atoms with Crippen molar-refractivity contribution in [2.75, 3.05) is 4.90 Å². The number of fused-ring (bicyclic) bond motifs is 8. The molecule has 11 aromatic rings. The van der Waals surface area contributed by atoms with E-state index in [1.165, 1.54) is 32.8 Å². The molecule has 9 aromatic carbocycles. The van der Waals surface area contributed by atoms with Crippen LogP contribution in [0.3, 0.4) is 0 Å². The van der Waals surface area contributed by atoms with Crippen molar-refractivity contribution in [3.63, 3.8) is 0 Å². The van der Waals surface area contributed by atoms with Gasteiger partial charge in [0.05, 0.1) is 5.69 Å². The summed E-state index contributed by atoms with van der Waals surface area (Å²) in [6, 6.07) is 66.9. The summed E-state index contributed by atoms with van der Waals surface area (Å²) in [7, 11) is 0. The van der Waals surface area contributed by atoms with Crippen LogP contribution in [0.15, 0.2) is 197 Å². The van der Waals surface area contributed by atoms with E-state index >= 15 is 0 Å². The van der Waals surface area contributed by atoms with Crippen LogP contribution < -0.4 is 4.90 Å². The molecule has 0 aliphatic heterocycles. The quantitative estimate of drug-likeness (QED) is 0.182. The second-order valence-corrected chi connectivity index (χ2v) is 13.7. The highest BCUT2D eigenvalue weighted by atomic mass is 16.3. The van der Waals surface area contributed by atoms with Crippen LogP contribution in [0.1, 0.15) is 0 Å². The Morgan fingerprint density at radius 1 is 0.321 bits per heavy atom. The van der Waals surface area contributed by atoms with E-state index in [0.29, 0.717) is 0 Å². The summed E-state index contributed by atoms with van der Waals surface area (Å²) in [6.07, 6.45) is 0. The normalized spacial score (nSPS) is 11.8. The van der Waals surface area contributed by atoms with Gasteiger partial charge in [0.1, 0.15) is 16.7 Å². The van der Waals surface area contributed by atoms with Gasteiger partial charge in [-0.2, -0.15) is 0 Å². The molecule has 3 heteroatoms. The molecular formula is C50H31NO2. The fourth-order valence-corrected chi connectivity index (χ4v) is 8.05. The van der Waals surface area contributed by atoms with E-state index in [9.17, 15) is 0 Å². The molecule has 2 heterocycles. The summed E-state index contributed by atoms with van der Waals surface area (Å²) in [5, 5.41) is 9.33. The van der Waals surface area contributed by atoms with Gasteiger partial charge in [-0.1, -0.05) is 127 Å². The van der Waals surface area contributed by atoms with E-state index in [1.807, 2.05) is 24.3 Å². The average Bonchev–Trinajstić information content (AvgIpc) is 3.79. The van der Waals surface area contributed by atoms with Crippen molar-refractivity contribution in [2.24, 2.45) is 0 Å². The number of anilines is 3. The van der Waals surface area contributed by atoms with Crippen molar-refractivity contribution >= 4 is 82.5 Å². The maximum atomic E-state index is 6.59. The number of nitrogens with zero attached hydrogens (tertiary/aromatic N) is 1. The molecule has 3 nitrogen and oxygen atoms in total. The molecule has 2 aromatic heterocycles. The highest BCUT2D eigenvalue weighted by Gasteiger charge is 2.20. The average molecular weight is 678 g/mol. The number of benzene rings is 9. The Morgan fingerprint density at radius 2 is 0.925 bits per heavy atom. The molecule has 0 aliphatic rings. The van der Waals surface area contributed by atoms with Gasteiger partial charge in [0.25, 0.3) is 0 Å². The first-order chi connectivity index (χ1) is 26.2. The number of rotatable bonds is 5. The van der Waals surface area contributed by atoms with Gasteiger partial charge in [0, 0.05) is 32.9 Å². The van der Waals surface area contributed by atoms with Gasteiger partial charge in [-0.25, -0.2) is 0 Å². The summed E-state index contributed by atoms with van der Waals surface area (Å²) >= 11 is 0. The maximum Gasteiger partial charge on any atom is 0.159 e. The fourth-order valence-electron chi connectivity index (χ4n) is 8.05. The molecule has 0 radical (unpaired) electrons. The minimum absolute atomic E-state index is 0.864. The van der Waals surface area contributed by atoms with Crippen molar-refractivity contribution in [3.05, 3.63) is 188 Å². The molecule has 0 amide bonds. The highest BCUT2D eigenvalue weighted by Crippen LogP contribution is 2.43. The molecule has 0 atom stereocenters. The molecule has 0 fully saturated rings. The zero-order chi connectivity index (χ0) is 34.9. The fraction of sp³-hybridized carbons (Fsp3) is 0. The first-order valence-electron chi connectivity index (χ1n) is 18.0. The lowest BCUT2D eigenvalue weighted by molar-refractivity contribution is 0.669. The summed E-state index contributed by atoms with van der Waals surface area (Å²) in [5.41, 5.74) is 11.4. The minimum atomic E-state index is 0.864. The van der Waals surface area contributed by atoms with Gasteiger partial charge in [-0.05, 0) is 104 Å². The first kappa shape index (κ1) is 29.6. The Kier molecular flexibility index (Phi) is 6.55. The van der Waals surface area contributed by atoms with Crippen LogP contribution in [0, 0.1) is 0 Å². The monoisotopic (exact) mass is 677 g/mol. The topological polar surface area (TPSA) is 29.5 Å². The molecule has 53 heavy (non-hydrogen) atoms. The van der Waals surface area contributed by atoms with Crippen LogP contribution in [-0.4, -0.2) is 0 Å². The van der Waals surface area contributed by atoms with Gasteiger partial charge in [-0.3, -0.25) is 0 Å². The van der Waals surface area contributed by atoms with E-state index in [1.54, 1.807) is 0 Å². The Morgan fingerprint density at radius 3 is 1.72 bits per heavy atom. The van der Waals surface area contributed by atoms with Gasteiger partial charge in [0.15, 0.2) is 5.58 Å². The molecule has 248 valence electrons. The summed E-state index contributed by atoms with van der Waals surface area (Å²) in [6.45, 7) is 0. The standard InChI is InChI=1S/C50H31NO2/c1-2-11-40-33(9-1)10-7-14-41(40)34-23-27-39(28-24-34)51(46-16-8-15-44-42-12-3-6-18-48(42)53-50(44)46)38-25-21-32(22-26-38)35-19-20-36-31-49-45(30-37(36)29-35)43-13-4-5-17-47(43)52-49/h1-31H. The second-order valence-electron chi connectivity index (χ2n) is 13.7. The lowest BCUT2D eigenvalue weighted by atomic mass is 9.98. The van der Waals surface area contributed by atoms with Crippen LogP contribution in [0.25, 0.3) is 87.7 Å². The van der Waals surface area contributed by atoms with E-state index in [-0.39, 0.29) is 0 Å². The third-order valence-electron chi connectivity index (χ3n) is 10.6. The smallest absolute Gasteiger partial charge is 0.159 e. The van der Waals surface area contributed by atoms with E-state index in [0.717, 1.165) is 71.9 Å². The largest absolute Gasteiger partial charge is 0.456 e. The third kappa shape index (κ3) is 4.82. The Hall–Kier alpha value is -7.10. The Bertz CT molecular complexity index is 3160. The number of furan rings is 2. The van der Waals surface area contributed by atoms with Crippen LogP contribution >= 0.6 is 0 Å². The molecule has 0 saturated carbocycles. The second kappa shape index (κ2) is 11.7. The van der Waals surface area contributed by atoms with E-state index in [2.05, 4.69) is 169 Å². The third-order valence-corrected chi connectivity index (χ3v) is 10.6. The number of para-hydroxylation sites is 3. The molecule has 0 spiro atoms. The van der Waals surface area contributed by atoms with Crippen LogP contribution in [0.5, 0.6) is 0 Å². The SMILES string of the molecule is c1ccc2c(-c3ccc(N(c4ccc(-c5ccc6cc7oc8ccccc8c7cc6c5)cc4)c4cccc5c4oc4ccccc45)cc3)cccc2c1. The van der Waals surface area contributed by atoms with Gasteiger partial charge in [-0.15, -0.1) is 0 Å². The summed E-state index contributed by atoms with van der Waals surface area (Å²) in [4.78, 5) is 2.31.